The van der Waals surface area contributed by atoms with Crippen molar-refractivity contribution < 1.29 is 35.1 Å². The average Bonchev–Trinajstić information content (AvgIpc) is 2.84. The summed E-state index contributed by atoms with van der Waals surface area (Å²) in [6, 6.07) is 7.43. The Morgan fingerprint density at radius 1 is 0.824 bits per heavy atom. The lowest BCUT2D eigenvalue weighted by molar-refractivity contribution is 0.0730. The molecule has 0 amide bonds. The standard InChI is InChI=1S/C21H25F2N3O6S2/c1-31-20-6-5-16(33(27,28)26-11-13-32-14-12-26)15-19(20)24-7-9-25(10-8-24)34(29,30)21-17(22)3-2-4-18(21)23/h2-6,15H,7-14H2,1H3. The molecular formula is C21H25F2N3O6S2. The molecule has 2 fully saturated rings. The predicted octanol–water partition coefficient (Wildman–Crippen LogP) is 1.51. The van der Waals surface area contributed by atoms with Gasteiger partial charge in [0.1, 0.15) is 17.4 Å². The lowest BCUT2D eigenvalue weighted by atomic mass is 10.2. The maximum Gasteiger partial charge on any atom is 0.249 e. The molecule has 2 aliphatic rings. The maximum absolute atomic E-state index is 14.1. The van der Waals surface area contributed by atoms with Crippen LogP contribution in [-0.2, 0) is 24.8 Å². The fourth-order valence-corrected chi connectivity index (χ4v) is 7.00. The Hall–Kier alpha value is -2.32. The Bertz CT molecular complexity index is 1240. The van der Waals surface area contributed by atoms with Crippen LogP contribution in [0.15, 0.2) is 46.2 Å². The Balaban J connectivity index is 1.57. The van der Waals surface area contributed by atoms with Crippen molar-refractivity contribution in [3.8, 4) is 5.75 Å². The van der Waals surface area contributed by atoms with Crippen molar-refractivity contribution in [1.29, 1.82) is 0 Å². The molecule has 0 atom stereocenters. The summed E-state index contributed by atoms with van der Waals surface area (Å²) in [6.45, 7) is 1.42. The van der Waals surface area contributed by atoms with Gasteiger partial charge in [-0.25, -0.2) is 25.6 Å². The van der Waals surface area contributed by atoms with Gasteiger partial charge in [-0.1, -0.05) is 6.07 Å². The minimum Gasteiger partial charge on any atom is -0.495 e. The van der Waals surface area contributed by atoms with Crippen LogP contribution in [0.25, 0.3) is 0 Å². The normalized spacial score (nSPS) is 18.7. The third-order valence-electron chi connectivity index (χ3n) is 5.85. The predicted molar refractivity (Wildman–Crippen MR) is 120 cm³/mol. The van der Waals surface area contributed by atoms with Gasteiger partial charge in [0.25, 0.3) is 0 Å². The first kappa shape index (κ1) is 24.8. The number of anilines is 1. The van der Waals surface area contributed by atoms with Crippen LogP contribution in [0.1, 0.15) is 0 Å². The van der Waals surface area contributed by atoms with E-state index in [1.54, 1.807) is 11.0 Å². The van der Waals surface area contributed by atoms with Crippen LogP contribution in [0.2, 0.25) is 0 Å². The summed E-state index contributed by atoms with van der Waals surface area (Å²) in [5, 5.41) is 0. The van der Waals surface area contributed by atoms with Crippen molar-refractivity contribution >= 4 is 25.7 Å². The zero-order valence-corrected chi connectivity index (χ0v) is 20.1. The highest BCUT2D eigenvalue weighted by Crippen LogP contribution is 2.34. The first-order valence-corrected chi connectivity index (χ1v) is 13.5. The number of morpholine rings is 1. The Labute approximate surface area is 197 Å². The molecule has 186 valence electrons. The third kappa shape index (κ3) is 4.62. The number of piperazine rings is 1. The number of halogens is 2. The highest BCUT2D eigenvalue weighted by Gasteiger charge is 2.34. The summed E-state index contributed by atoms with van der Waals surface area (Å²) < 4.78 is 93.1. The topological polar surface area (TPSA) is 96.5 Å². The molecule has 2 aromatic rings. The molecule has 0 spiro atoms. The van der Waals surface area contributed by atoms with Gasteiger partial charge in [0.15, 0.2) is 4.90 Å². The summed E-state index contributed by atoms with van der Waals surface area (Å²) in [6.07, 6.45) is 0. The van der Waals surface area contributed by atoms with E-state index in [9.17, 15) is 25.6 Å². The highest BCUT2D eigenvalue weighted by atomic mass is 32.2. The van der Waals surface area contributed by atoms with Gasteiger partial charge >= 0.3 is 0 Å². The molecule has 0 unspecified atom stereocenters. The Morgan fingerprint density at radius 2 is 1.41 bits per heavy atom. The summed E-state index contributed by atoms with van der Waals surface area (Å²) in [5.74, 6) is -1.87. The van der Waals surface area contributed by atoms with Crippen molar-refractivity contribution in [3.05, 3.63) is 48.0 Å². The number of nitrogens with zero attached hydrogens (tertiary/aromatic N) is 3. The van der Waals surface area contributed by atoms with Gasteiger partial charge in [-0.15, -0.1) is 0 Å². The van der Waals surface area contributed by atoms with Crippen molar-refractivity contribution in [3.63, 3.8) is 0 Å². The molecule has 0 radical (unpaired) electrons. The molecule has 2 aromatic carbocycles. The molecule has 0 aliphatic carbocycles. The van der Waals surface area contributed by atoms with E-state index in [4.69, 9.17) is 9.47 Å². The number of ether oxygens (including phenoxy) is 2. The third-order valence-corrected chi connectivity index (χ3v) is 9.70. The molecule has 2 heterocycles. The van der Waals surface area contributed by atoms with Crippen LogP contribution in [-0.4, -0.2) is 85.0 Å². The van der Waals surface area contributed by atoms with Crippen LogP contribution in [0.5, 0.6) is 5.75 Å². The molecule has 9 nitrogen and oxygen atoms in total. The molecule has 13 heteroatoms. The van der Waals surface area contributed by atoms with E-state index in [-0.39, 0.29) is 44.2 Å². The second-order valence-corrected chi connectivity index (χ2v) is 11.6. The van der Waals surface area contributed by atoms with Crippen molar-refractivity contribution in [1.82, 2.24) is 8.61 Å². The second kappa shape index (κ2) is 9.74. The van der Waals surface area contributed by atoms with Gasteiger partial charge in [-0.3, -0.25) is 0 Å². The Morgan fingerprint density at radius 3 is 2.00 bits per heavy atom. The molecule has 0 N–H and O–H groups in total. The second-order valence-electron chi connectivity index (χ2n) is 7.79. The molecule has 2 aliphatic heterocycles. The molecule has 34 heavy (non-hydrogen) atoms. The molecular weight excluding hydrogens is 492 g/mol. The minimum absolute atomic E-state index is 0.0420. The lowest BCUT2D eigenvalue weighted by Crippen LogP contribution is -2.49. The first-order valence-electron chi connectivity index (χ1n) is 10.6. The van der Waals surface area contributed by atoms with Crippen molar-refractivity contribution in [2.75, 3.05) is 64.5 Å². The molecule has 4 rings (SSSR count). The molecule has 2 saturated heterocycles. The van der Waals surface area contributed by atoms with Crippen molar-refractivity contribution in [2.24, 2.45) is 0 Å². The summed E-state index contributed by atoms with van der Waals surface area (Å²) in [7, 11) is -6.67. The lowest BCUT2D eigenvalue weighted by Gasteiger charge is -2.36. The van der Waals surface area contributed by atoms with E-state index in [0.29, 0.717) is 24.7 Å². The van der Waals surface area contributed by atoms with Gasteiger partial charge in [0, 0.05) is 39.3 Å². The van der Waals surface area contributed by atoms with Crippen LogP contribution >= 0.6 is 0 Å². The van der Waals surface area contributed by atoms with E-state index < -0.39 is 36.6 Å². The van der Waals surface area contributed by atoms with Gasteiger partial charge in [-0.05, 0) is 30.3 Å². The summed E-state index contributed by atoms with van der Waals surface area (Å²) in [5.41, 5.74) is 0.492. The Kier molecular flexibility index (Phi) is 7.10. The van der Waals surface area contributed by atoms with E-state index in [1.165, 1.54) is 23.5 Å². The van der Waals surface area contributed by atoms with E-state index >= 15 is 0 Å². The number of hydrogen-bond acceptors (Lipinski definition) is 7. The fraction of sp³-hybridized carbons (Fsp3) is 0.429. The zero-order valence-electron chi connectivity index (χ0n) is 18.5. The van der Waals surface area contributed by atoms with Gasteiger partial charge in [0.05, 0.1) is 30.9 Å². The SMILES string of the molecule is COc1ccc(S(=O)(=O)N2CCOCC2)cc1N1CCN(S(=O)(=O)c2c(F)cccc2F)CC1. The number of sulfonamides is 2. The van der Waals surface area contributed by atoms with Crippen LogP contribution in [0, 0.1) is 11.6 Å². The van der Waals surface area contributed by atoms with Crippen LogP contribution in [0.4, 0.5) is 14.5 Å². The maximum atomic E-state index is 14.1. The monoisotopic (exact) mass is 517 g/mol. The number of methoxy groups -OCH3 is 1. The van der Waals surface area contributed by atoms with Gasteiger partial charge in [0.2, 0.25) is 20.0 Å². The van der Waals surface area contributed by atoms with E-state index in [1.807, 2.05) is 0 Å². The molecule has 0 aromatic heterocycles. The molecule has 0 saturated carbocycles. The van der Waals surface area contributed by atoms with Gasteiger partial charge in [-0.2, -0.15) is 8.61 Å². The minimum atomic E-state index is -4.38. The molecule has 0 bridgehead atoms. The van der Waals surface area contributed by atoms with Crippen molar-refractivity contribution in [2.45, 2.75) is 9.79 Å². The summed E-state index contributed by atoms with van der Waals surface area (Å²) >= 11 is 0. The van der Waals surface area contributed by atoms with E-state index in [2.05, 4.69) is 0 Å². The fourth-order valence-electron chi connectivity index (χ4n) is 4.04. The quantitative estimate of drug-likeness (QED) is 0.573. The first-order chi connectivity index (χ1) is 16.2. The largest absolute Gasteiger partial charge is 0.495 e. The number of rotatable bonds is 6. The van der Waals surface area contributed by atoms with Crippen LogP contribution in [0.3, 0.4) is 0 Å². The smallest absolute Gasteiger partial charge is 0.249 e. The average molecular weight is 518 g/mol. The zero-order chi connectivity index (χ0) is 24.5. The van der Waals surface area contributed by atoms with E-state index in [0.717, 1.165) is 22.5 Å². The number of hydrogen-bond donors (Lipinski definition) is 0. The highest BCUT2D eigenvalue weighted by molar-refractivity contribution is 7.89. The number of benzene rings is 2. The van der Waals surface area contributed by atoms with Crippen LogP contribution < -0.4 is 9.64 Å². The summed E-state index contributed by atoms with van der Waals surface area (Å²) in [4.78, 5) is 0.911. The van der Waals surface area contributed by atoms with Gasteiger partial charge < -0.3 is 14.4 Å².